The highest BCUT2D eigenvalue weighted by Crippen LogP contribution is 2.65. The third kappa shape index (κ3) is 6.21. The summed E-state index contributed by atoms with van der Waals surface area (Å²) >= 11 is 1.50. The highest BCUT2D eigenvalue weighted by molar-refractivity contribution is 7.98. The molecule has 1 aromatic carbocycles. The normalized spacial score (nSPS) is 37.6. The van der Waals surface area contributed by atoms with Crippen LogP contribution in [0, 0.1) is 28.6 Å². The van der Waals surface area contributed by atoms with E-state index in [0.29, 0.717) is 29.1 Å². The molecule has 11 nitrogen and oxygen atoms in total. The van der Waals surface area contributed by atoms with Gasteiger partial charge >= 0.3 is 12.1 Å². The van der Waals surface area contributed by atoms with Gasteiger partial charge in [0.1, 0.15) is 23.1 Å². The van der Waals surface area contributed by atoms with Gasteiger partial charge in [-0.2, -0.15) is 0 Å². The second kappa shape index (κ2) is 13.5. The summed E-state index contributed by atoms with van der Waals surface area (Å²) in [5.74, 6) is -2.91. The summed E-state index contributed by atoms with van der Waals surface area (Å²) in [6.45, 7) is 16.3. The first-order chi connectivity index (χ1) is 23.1. The third-order valence-corrected chi connectivity index (χ3v) is 12.5. The van der Waals surface area contributed by atoms with E-state index in [2.05, 4.69) is 5.32 Å². The van der Waals surface area contributed by atoms with Gasteiger partial charge in [0.05, 0.1) is 41.8 Å². The van der Waals surface area contributed by atoms with Crippen LogP contribution in [0.3, 0.4) is 0 Å². The van der Waals surface area contributed by atoms with Gasteiger partial charge in [-0.3, -0.25) is 4.79 Å². The molecule has 11 atom stereocenters. The average Bonchev–Trinajstić information content (AvgIpc) is 3.03. The smallest absolute Gasteiger partial charge is 0.408 e. The van der Waals surface area contributed by atoms with Gasteiger partial charge in [-0.15, -0.1) is 11.8 Å². The molecule has 0 spiro atoms. The van der Waals surface area contributed by atoms with E-state index in [1.54, 1.807) is 58.0 Å². The quantitative estimate of drug-likeness (QED) is 0.167. The van der Waals surface area contributed by atoms with Crippen LogP contribution < -0.4 is 5.32 Å². The number of esters is 1. The molecular formula is C38H55NO10S. The van der Waals surface area contributed by atoms with E-state index in [4.69, 9.17) is 18.9 Å². The van der Waals surface area contributed by atoms with E-state index in [0.717, 1.165) is 0 Å². The molecule has 1 aliphatic heterocycles. The van der Waals surface area contributed by atoms with Crippen LogP contribution >= 0.6 is 11.8 Å². The standard InChI is InChI=1S/C38H55NO10S/c1-20-24(48-32(42)29(40)28(23-14-12-11-13-15-23)39-33(43)49-34(4,5)6)17-38(45)22(3)30-36(9,31(41)21(2)27(20)35(38,7)8)25(47-19-50-10)16-26-37(30,44)18-46-26/h11-15,21-22,24-26,28-30,40,44-45H,16-19H2,1-10H3,(H,39,43)/t21-,22?,24?,25?,26?,28?,29?,30?,36-,37?,38?/m1/s1. The van der Waals surface area contributed by atoms with Crippen molar-refractivity contribution in [2.75, 3.05) is 18.8 Å². The molecule has 2 bridgehead atoms. The minimum atomic E-state index is -1.84. The van der Waals surface area contributed by atoms with Gasteiger partial charge < -0.3 is 39.6 Å². The molecule has 2 saturated carbocycles. The number of amides is 1. The third-order valence-electron chi connectivity index (χ3n) is 12.2. The molecule has 4 aliphatic rings. The SMILES string of the molecule is CSCOC1CC2OCC2(O)C2C(C)C3(O)CC(OC(=O)C(O)C(NC(=O)OC(C)(C)C)c4ccccc4)C(C)=C([C@@H](C)C(=O)[C@]12C)C3(C)C. The van der Waals surface area contributed by atoms with Crippen molar-refractivity contribution >= 4 is 29.6 Å². The van der Waals surface area contributed by atoms with Crippen molar-refractivity contribution in [2.24, 2.45) is 28.6 Å². The predicted octanol–water partition coefficient (Wildman–Crippen LogP) is 4.72. The first-order valence-electron chi connectivity index (χ1n) is 17.5. The maximum atomic E-state index is 15.0. The summed E-state index contributed by atoms with van der Waals surface area (Å²) < 4.78 is 23.7. The Morgan fingerprint density at radius 2 is 1.76 bits per heavy atom. The Morgan fingerprint density at radius 1 is 1.12 bits per heavy atom. The number of aliphatic hydroxyl groups excluding tert-OH is 1. The molecule has 1 heterocycles. The van der Waals surface area contributed by atoms with Gasteiger partial charge in [-0.25, -0.2) is 9.59 Å². The number of aliphatic hydroxyl groups is 3. The molecule has 0 radical (unpaired) electrons. The topological polar surface area (TPSA) is 161 Å². The second-order valence-corrected chi connectivity index (χ2v) is 17.3. The van der Waals surface area contributed by atoms with Crippen LogP contribution in [0.2, 0.25) is 0 Å². The fourth-order valence-electron chi connectivity index (χ4n) is 9.77. The number of nitrogens with one attached hydrogen (secondary N) is 1. The van der Waals surface area contributed by atoms with Gasteiger partial charge in [-0.1, -0.05) is 58.0 Å². The van der Waals surface area contributed by atoms with Crippen LogP contribution in [0.25, 0.3) is 0 Å². The number of rotatable bonds is 8. The van der Waals surface area contributed by atoms with Crippen molar-refractivity contribution in [3.63, 3.8) is 0 Å². The maximum absolute atomic E-state index is 15.0. The molecule has 1 saturated heterocycles. The van der Waals surface area contributed by atoms with E-state index in [1.165, 1.54) is 11.8 Å². The van der Waals surface area contributed by atoms with Crippen molar-refractivity contribution in [2.45, 2.75) is 122 Å². The highest BCUT2D eigenvalue weighted by Gasteiger charge is 2.74. The highest BCUT2D eigenvalue weighted by atomic mass is 32.2. The predicted molar refractivity (Wildman–Crippen MR) is 188 cm³/mol. The van der Waals surface area contributed by atoms with Gasteiger partial charge in [0, 0.05) is 30.1 Å². The molecule has 50 heavy (non-hydrogen) atoms. The summed E-state index contributed by atoms with van der Waals surface area (Å²) in [5.41, 5.74) is -4.17. The molecule has 3 aliphatic carbocycles. The van der Waals surface area contributed by atoms with Crippen LogP contribution in [-0.4, -0.2) is 93.2 Å². The lowest BCUT2D eigenvalue weighted by atomic mass is 9.42. The molecule has 4 N–H and O–H groups in total. The number of thioether (sulfide) groups is 1. The first-order valence-corrected chi connectivity index (χ1v) is 18.9. The zero-order valence-corrected chi connectivity index (χ0v) is 31.8. The number of ether oxygens (including phenoxy) is 4. The van der Waals surface area contributed by atoms with Crippen LogP contribution in [0.1, 0.15) is 86.8 Å². The molecule has 278 valence electrons. The Balaban J connectivity index is 1.54. The van der Waals surface area contributed by atoms with E-state index in [-0.39, 0.29) is 18.8 Å². The van der Waals surface area contributed by atoms with Crippen molar-refractivity contribution in [1.29, 1.82) is 0 Å². The molecule has 9 unspecified atom stereocenters. The average molecular weight is 718 g/mol. The number of fused-ring (bicyclic) bond motifs is 5. The van der Waals surface area contributed by atoms with E-state index in [9.17, 15) is 29.7 Å². The number of Topliss-reactive ketones (excluding diaryl/α,β-unsaturated/α-hetero) is 1. The van der Waals surface area contributed by atoms with Crippen molar-refractivity contribution in [3.05, 3.63) is 47.0 Å². The number of hydrogen-bond acceptors (Lipinski definition) is 11. The summed E-state index contributed by atoms with van der Waals surface area (Å²) in [6, 6.07) is 7.35. The van der Waals surface area contributed by atoms with Crippen molar-refractivity contribution in [3.8, 4) is 0 Å². The molecule has 12 heteroatoms. The van der Waals surface area contributed by atoms with E-state index in [1.807, 2.05) is 40.9 Å². The summed E-state index contributed by atoms with van der Waals surface area (Å²) in [6.07, 6.45) is -2.55. The molecular weight excluding hydrogens is 662 g/mol. The molecule has 1 amide bonds. The number of benzene rings is 1. The number of carbonyl (C=O) groups excluding carboxylic acids is 3. The Kier molecular flexibility index (Phi) is 10.5. The van der Waals surface area contributed by atoms with Crippen LogP contribution in [0.15, 0.2) is 41.5 Å². The number of ketones is 1. The van der Waals surface area contributed by atoms with E-state index < -0.39 is 87.9 Å². The van der Waals surface area contributed by atoms with Gasteiger partial charge in [0.2, 0.25) is 0 Å². The van der Waals surface area contributed by atoms with Crippen molar-refractivity contribution < 1.29 is 48.7 Å². The Hall–Kier alpha value is -2.48. The lowest BCUT2D eigenvalue weighted by molar-refractivity contribution is -0.337. The zero-order valence-electron chi connectivity index (χ0n) is 30.9. The molecule has 3 fully saturated rings. The Bertz CT molecular complexity index is 1510. The minimum Gasteiger partial charge on any atom is -0.456 e. The number of hydrogen-bond donors (Lipinski definition) is 4. The largest absolute Gasteiger partial charge is 0.456 e. The molecule has 0 aromatic heterocycles. The Labute approximate surface area is 299 Å². The lowest BCUT2D eigenvalue weighted by Gasteiger charge is -2.68. The number of alkyl carbamates (subject to hydrolysis) is 1. The molecule has 5 rings (SSSR count). The van der Waals surface area contributed by atoms with Crippen LogP contribution in [0.5, 0.6) is 0 Å². The van der Waals surface area contributed by atoms with Crippen LogP contribution in [-0.2, 0) is 28.5 Å². The second-order valence-electron chi connectivity index (χ2n) is 16.5. The summed E-state index contributed by atoms with van der Waals surface area (Å²) in [5, 5.41) is 39.4. The van der Waals surface area contributed by atoms with Gasteiger partial charge in [0.25, 0.3) is 0 Å². The Morgan fingerprint density at radius 3 is 2.32 bits per heavy atom. The summed E-state index contributed by atoms with van der Waals surface area (Å²) in [4.78, 5) is 41.7. The van der Waals surface area contributed by atoms with Gasteiger partial charge in [0.15, 0.2) is 6.10 Å². The minimum absolute atomic E-state index is 0.0353. The maximum Gasteiger partial charge on any atom is 0.408 e. The van der Waals surface area contributed by atoms with Crippen LogP contribution in [0.4, 0.5) is 4.79 Å². The zero-order chi connectivity index (χ0) is 37.2. The fourth-order valence-corrected chi connectivity index (χ4v) is 10.1. The number of carbonyl (C=O) groups is 3. The lowest BCUT2D eigenvalue weighted by Crippen LogP contribution is -2.78. The van der Waals surface area contributed by atoms with Gasteiger partial charge in [-0.05, 0) is 63.5 Å². The monoisotopic (exact) mass is 717 g/mol. The summed E-state index contributed by atoms with van der Waals surface area (Å²) in [7, 11) is 0. The van der Waals surface area contributed by atoms with E-state index >= 15 is 0 Å². The fraction of sp³-hybridized carbons (Fsp3) is 0.711. The first kappa shape index (κ1) is 38.7. The molecule has 1 aromatic rings. The van der Waals surface area contributed by atoms with Crippen molar-refractivity contribution in [1.82, 2.24) is 5.32 Å².